The number of hydrogen-bond donors (Lipinski definition) is 0. The molecule has 1 aromatic heterocycles. The molecule has 1 rings (SSSR count). The van der Waals surface area contributed by atoms with Gasteiger partial charge in [-0.1, -0.05) is 11.2 Å². The molecule has 0 spiro atoms. The Labute approximate surface area is 84.1 Å². The first-order chi connectivity index (χ1) is 6.74. The summed E-state index contributed by atoms with van der Waals surface area (Å²) >= 11 is 0. The quantitative estimate of drug-likeness (QED) is 0.542. The van der Waals surface area contributed by atoms with Gasteiger partial charge in [-0.2, -0.15) is 0 Å². The van der Waals surface area contributed by atoms with Crippen LogP contribution in [0.5, 0.6) is 0 Å². The first kappa shape index (κ1) is 10.4. The van der Waals surface area contributed by atoms with Gasteiger partial charge in [0.2, 0.25) is 0 Å². The molecule has 14 heavy (non-hydrogen) atoms. The van der Waals surface area contributed by atoms with Gasteiger partial charge in [0.05, 0.1) is 5.71 Å². The average Bonchev–Trinajstić information content (AvgIpc) is 2.19. The summed E-state index contributed by atoms with van der Waals surface area (Å²) in [6.07, 6.45) is 5.57. The molecule has 0 aliphatic rings. The number of nitrogens with zero attached hydrogens (tertiary/aromatic N) is 2. The molecule has 0 aromatic carbocycles. The summed E-state index contributed by atoms with van der Waals surface area (Å²) in [7, 11) is 1.54. The van der Waals surface area contributed by atoms with Gasteiger partial charge in [0.25, 0.3) is 0 Å². The van der Waals surface area contributed by atoms with Crippen molar-refractivity contribution in [3.8, 4) is 0 Å². The van der Waals surface area contributed by atoms with E-state index < -0.39 is 0 Å². The highest BCUT2D eigenvalue weighted by Gasteiger charge is 1.95. The van der Waals surface area contributed by atoms with E-state index in [-0.39, 0.29) is 0 Å². The fourth-order valence-electron chi connectivity index (χ4n) is 1.02. The fourth-order valence-corrected chi connectivity index (χ4v) is 1.02. The zero-order chi connectivity index (χ0) is 10.4. The number of aromatic nitrogens is 1. The highest BCUT2D eigenvalue weighted by molar-refractivity contribution is 6.01. The van der Waals surface area contributed by atoms with Crippen LogP contribution in [0.1, 0.15) is 19.4 Å². The molecule has 0 aliphatic heterocycles. The van der Waals surface area contributed by atoms with E-state index in [0.717, 1.165) is 16.8 Å². The summed E-state index contributed by atoms with van der Waals surface area (Å²) in [5, 5.41) is 3.85. The molecule has 0 aliphatic carbocycles. The van der Waals surface area contributed by atoms with E-state index in [0.29, 0.717) is 0 Å². The van der Waals surface area contributed by atoms with Crippen LogP contribution in [-0.4, -0.2) is 17.8 Å². The molecule has 0 fully saturated rings. The maximum absolute atomic E-state index is 4.70. The van der Waals surface area contributed by atoms with Crippen molar-refractivity contribution in [3.05, 3.63) is 35.7 Å². The Bertz CT molecular complexity index is 342. The summed E-state index contributed by atoms with van der Waals surface area (Å²) in [5.74, 6) is 0. The smallest absolute Gasteiger partial charge is 0.106 e. The van der Waals surface area contributed by atoms with Gasteiger partial charge in [-0.05, 0) is 37.1 Å². The maximum atomic E-state index is 4.70. The molecule has 0 atom stereocenters. The topological polar surface area (TPSA) is 34.5 Å². The maximum Gasteiger partial charge on any atom is 0.106 e. The number of oxime groups is 1. The van der Waals surface area contributed by atoms with Crippen LogP contribution in [0, 0.1) is 0 Å². The van der Waals surface area contributed by atoms with Crippen LogP contribution in [0.2, 0.25) is 0 Å². The van der Waals surface area contributed by atoms with Gasteiger partial charge >= 0.3 is 0 Å². The molecule has 0 unspecified atom stereocenters. The number of rotatable bonds is 3. The predicted molar refractivity (Wildman–Crippen MR) is 58.0 cm³/mol. The molecule has 0 bridgehead atoms. The van der Waals surface area contributed by atoms with Crippen LogP contribution < -0.4 is 0 Å². The molecule has 1 aromatic rings. The average molecular weight is 190 g/mol. The molecule has 0 saturated heterocycles. The standard InChI is InChI=1S/C11H14N2O/c1-9(10(2)13-14-3)8-11-4-6-12-7-5-11/h4-8H,1-3H3. The minimum Gasteiger partial charge on any atom is -0.399 e. The fraction of sp³-hybridized carbons (Fsp3) is 0.273. The van der Waals surface area contributed by atoms with Gasteiger partial charge in [-0.3, -0.25) is 4.98 Å². The van der Waals surface area contributed by atoms with Crippen LogP contribution >= 0.6 is 0 Å². The largest absolute Gasteiger partial charge is 0.399 e. The predicted octanol–water partition coefficient (Wildman–Crippen LogP) is 2.51. The number of hydrogen-bond acceptors (Lipinski definition) is 3. The molecule has 0 saturated carbocycles. The molecule has 3 nitrogen and oxygen atoms in total. The summed E-state index contributed by atoms with van der Waals surface area (Å²) < 4.78 is 0. The van der Waals surface area contributed by atoms with Gasteiger partial charge in [-0.25, -0.2) is 0 Å². The van der Waals surface area contributed by atoms with Crippen molar-refractivity contribution in [2.24, 2.45) is 5.16 Å². The number of allylic oxidation sites excluding steroid dienone is 1. The molecule has 0 N–H and O–H groups in total. The van der Waals surface area contributed by atoms with Crippen molar-refractivity contribution < 1.29 is 4.84 Å². The van der Waals surface area contributed by atoms with E-state index in [9.17, 15) is 0 Å². The second-order valence-electron chi connectivity index (χ2n) is 2.97. The monoisotopic (exact) mass is 190 g/mol. The van der Waals surface area contributed by atoms with Gasteiger partial charge in [0, 0.05) is 12.4 Å². The normalized spacial score (nSPS) is 12.8. The first-order valence-corrected chi connectivity index (χ1v) is 4.40. The minimum atomic E-state index is 0.879. The van der Waals surface area contributed by atoms with Crippen LogP contribution in [0.3, 0.4) is 0 Å². The van der Waals surface area contributed by atoms with Gasteiger partial charge in [0.15, 0.2) is 0 Å². The molecule has 3 heteroatoms. The lowest BCUT2D eigenvalue weighted by Crippen LogP contribution is -1.93. The van der Waals surface area contributed by atoms with Crippen molar-refractivity contribution in [3.63, 3.8) is 0 Å². The van der Waals surface area contributed by atoms with E-state index in [1.165, 1.54) is 0 Å². The van der Waals surface area contributed by atoms with E-state index in [1.807, 2.05) is 32.1 Å². The van der Waals surface area contributed by atoms with Crippen LogP contribution in [0.4, 0.5) is 0 Å². The third-order valence-corrected chi connectivity index (χ3v) is 1.89. The Balaban J connectivity index is 2.84. The lowest BCUT2D eigenvalue weighted by molar-refractivity contribution is 0.213. The molecule has 0 amide bonds. The Morgan fingerprint density at radius 3 is 2.57 bits per heavy atom. The van der Waals surface area contributed by atoms with Crippen LogP contribution in [-0.2, 0) is 4.84 Å². The summed E-state index contributed by atoms with van der Waals surface area (Å²) in [6, 6.07) is 3.90. The number of pyridine rings is 1. The highest BCUT2D eigenvalue weighted by Crippen LogP contribution is 2.06. The summed E-state index contributed by atoms with van der Waals surface area (Å²) in [5.41, 5.74) is 3.07. The Morgan fingerprint density at radius 1 is 1.36 bits per heavy atom. The molecular formula is C11H14N2O. The van der Waals surface area contributed by atoms with Gasteiger partial charge < -0.3 is 4.84 Å². The summed E-state index contributed by atoms with van der Waals surface area (Å²) in [6.45, 7) is 3.91. The third-order valence-electron chi connectivity index (χ3n) is 1.89. The van der Waals surface area contributed by atoms with E-state index in [2.05, 4.69) is 10.1 Å². The van der Waals surface area contributed by atoms with Gasteiger partial charge in [-0.15, -0.1) is 0 Å². The molecular weight excluding hydrogens is 176 g/mol. The zero-order valence-electron chi connectivity index (χ0n) is 8.69. The first-order valence-electron chi connectivity index (χ1n) is 4.40. The van der Waals surface area contributed by atoms with E-state index in [4.69, 9.17) is 4.84 Å². The highest BCUT2D eigenvalue weighted by atomic mass is 16.6. The summed E-state index contributed by atoms with van der Waals surface area (Å²) in [4.78, 5) is 8.65. The van der Waals surface area contributed by atoms with Crippen molar-refractivity contribution in [2.45, 2.75) is 13.8 Å². The van der Waals surface area contributed by atoms with Crippen molar-refractivity contribution in [1.82, 2.24) is 4.98 Å². The van der Waals surface area contributed by atoms with Crippen LogP contribution in [0.15, 0.2) is 35.3 Å². The minimum absolute atomic E-state index is 0.879. The van der Waals surface area contributed by atoms with Crippen molar-refractivity contribution in [2.75, 3.05) is 7.11 Å². The Hall–Kier alpha value is -1.64. The van der Waals surface area contributed by atoms with Gasteiger partial charge in [0.1, 0.15) is 7.11 Å². The third kappa shape index (κ3) is 3.01. The second-order valence-corrected chi connectivity index (χ2v) is 2.97. The van der Waals surface area contributed by atoms with Crippen LogP contribution in [0.25, 0.3) is 6.08 Å². The Kier molecular flexibility index (Phi) is 3.85. The molecule has 74 valence electrons. The van der Waals surface area contributed by atoms with Crippen molar-refractivity contribution in [1.29, 1.82) is 0 Å². The molecule has 0 radical (unpaired) electrons. The second kappa shape index (κ2) is 5.17. The van der Waals surface area contributed by atoms with E-state index in [1.54, 1.807) is 19.5 Å². The Morgan fingerprint density at radius 2 is 2.00 bits per heavy atom. The molecule has 1 heterocycles. The zero-order valence-corrected chi connectivity index (χ0v) is 8.69. The lowest BCUT2D eigenvalue weighted by atomic mass is 10.1. The van der Waals surface area contributed by atoms with E-state index >= 15 is 0 Å². The SMILES string of the molecule is CON=C(C)C(C)=Cc1ccncc1. The lowest BCUT2D eigenvalue weighted by Gasteiger charge is -1.99. The van der Waals surface area contributed by atoms with Crippen molar-refractivity contribution >= 4 is 11.8 Å².